The van der Waals surface area contributed by atoms with Crippen molar-refractivity contribution in [3.05, 3.63) is 47.5 Å². The van der Waals surface area contributed by atoms with E-state index < -0.39 is 77.2 Å². The minimum atomic E-state index is -1.43. The first-order valence-corrected chi connectivity index (χ1v) is 21.6. The highest BCUT2D eigenvalue weighted by molar-refractivity contribution is 5.94. The zero-order valence-electron chi connectivity index (χ0n) is 38.6. The molecule has 3 rings (SSSR count). The third kappa shape index (κ3) is 18.0. The molecule has 65 heavy (non-hydrogen) atoms. The first-order valence-electron chi connectivity index (χ1n) is 21.6. The number of rotatable bonds is 16. The smallest absolute Gasteiger partial charge is 0.408 e. The van der Waals surface area contributed by atoms with E-state index in [2.05, 4.69) is 26.6 Å². The third-order valence-corrected chi connectivity index (χ3v) is 9.96. The zero-order valence-corrected chi connectivity index (χ0v) is 38.6. The molecule has 1 aliphatic heterocycles. The average Bonchev–Trinajstić information content (AvgIpc) is 3.18. The normalized spacial score (nSPS) is 17.1. The number of hydrogen-bond donors (Lipinski definition) is 8. The quantitative estimate of drug-likeness (QED) is 0.0682. The Hall–Kier alpha value is -6.28. The first-order chi connectivity index (χ1) is 30.4. The summed E-state index contributed by atoms with van der Waals surface area (Å²) in [7, 11) is 0. The van der Waals surface area contributed by atoms with Crippen molar-refractivity contribution in [3.8, 4) is 22.6 Å². The molecular formula is C45H66N8O12. The molecule has 4 atom stereocenters. The number of hydrogen-bond acceptors (Lipinski definition) is 13. The van der Waals surface area contributed by atoms with Gasteiger partial charge in [-0.15, -0.1) is 0 Å². The molecule has 6 amide bonds. The largest absolute Gasteiger partial charge is 0.465 e. The lowest BCUT2D eigenvalue weighted by Gasteiger charge is -2.33. The van der Waals surface area contributed by atoms with E-state index in [1.54, 1.807) is 65.8 Å². The number of nitrogens with zero attached hydrogens (tertiary/aromatic N) is 1. The molecule has 0 unspecified atom stereocenters. The van der Waals surface area contributed by atoms with Crippen LogP contribution in [0.2, 0.25) is 0 Å². The highest BCUT2D eigenvalue weighted by Crippen LogP contribution is 2.32. The van der Waals surface area contributed by atoms with Crippen LogP contribution in [0.1, 0.15) is 98.6 Å². The fourth-order valence-corrected chi connectivity index (χ4v) is 6.96. The molecular weight excluding hydrogens is 845 g/mol. The second kappa shape index (κ2) is 24.1. The van der Waals surface area contributed by atoms with Crippen LogP contribution < -0.4 is 47.5 Å². The fraction of sp³-hybridized carbons (Fsp3) is 0.556. The lowest BCUT2D eigenvalue weighted by molar-refractivity contribution is -0.133. The Morgan fingerprint density at radius 1 is 0.831 bits per heavy atom. The summed E-state index contributed by atoms with van der Waals surface area (Å²) in [5.41, 5.74) is 11.6. The molecule has 2 aromatic rings. The number of nitrogens with one attached hydrogen (secondary N) is 5. The number of fused-ring (bicyclic) bond motifs is 5. The lowest BCUT2D eigenvalue weighted by Crippen LogP contribution is -2.58. The van der Waals surface area contributed by atoms with E-state index in [4.69, 9.17) is 25.7 Å². The van der Waals surface area contributed by atoms with Crippen LogP contribution in [0.4, 0.5) is 9.59 Å². The zero-order chi connectivity index (χ0) is 48.6. The molecule has 10 N–H and O–H groups in total. The Kier molecular flexibility index (Phi) is 19.7. The number of ether oxygens (including phenoxy) is 3. The Morgan fingerprint density at radius 2 is 1.42 bits per heavy atom. The Labute approximate surface area is 379 Å². The van der Waals surface area contributed by atoms with Gasteiger partial charge in [0, 0.05) is 70.9 Å². The molecule has 1 heterocycles. The molecule has 0 spiro atoms. The maximum Gasteiger partial charge on any atom is 0.408 e. The van der Waals surface area contributed by atoms with Gasteiger partial charge in [-0.2, -0.15) is 0 Å². The first kappa shape index (κ1) is 53.1. The topological polar surface area (TPSA) is 300 Å². The molecule has 20 nitrogen and oxygen atoms in total. The van der Waals surface area contributed by atoms with Gasteiger partial charge in [-0.05, 0) is 114 Å². The van der Waals surface area contributed by atoms with E-state index in [1.165, 1.54) is 30.9 Å². The Balaban J connectivity index is 2.17. The number of benzene rings is 2. The molecule has 0 saturated carbocycles. The molecule has 20 heteroatoms. The number of carbonyl (C=O) groups is 8. The van der Waals surface area contributed by atoms with Gasteiger partial charge in [0.05, 0.1) is 0 Å². The average molecular weight is 911 g/mol. The van der Waals surface area contributed by atoms with Crippen LogP contribution in [0, 0.1) is 0 Å². The van der Waals surface area contributed by atoms with Crippen LogP contribution in [0.25, 0.3) is 11.1 Å². The second-order valence-electron chi connectivity index (χ2n) is 17.8. The highest BCUT2D eigenvalue weighted by atomic mass is 16.6. The van der Waals surface area contributed by atoms with E-state index >= 15 is 0 Å². The van der Waals surface area contributed by atoms with Crippen LogP contribution in [-0.4, -0.2) is 119 Å². The summed E-state index contributed by atoms with van der Waals surface area (Å²) in [6.07, 6.45) is -1.88. The van der Waals surface area contributed by atoms with Crippen LogP contribution in [-0.2, 0) is 46.3 Å². The third-order valence-electron chi connectivity index (χ3n) is 9.96. The van der Waals surface area contributed by atoms with Crippen molar-refractivity contribution in [3.63, 3.8) is 0 Å². The summed E-state index contributed by atoms with van der Waals surface area (Å²) in [5.74, 6) is -3.66. The molecule has 1 aliphatic rings. The van der Waals surface area contributed by atoms with E-state index in [0.717, 1.165) is 0 Å². The van der Waals surface area contributed by atoms with E-state index in [9.17, 15) is 43.5 Å². The van der Waals surface area contributed by atoms with Gasteiger partial charge in [-0.3, -0.25) is 28.8 Å². The van der Waals surface area contributed by atoms with Crippen molar-refractivity contribution in [2.45, 2.75) is 136 Å². The summed E-state index contributed by atoms with van der Waals surface area (Å²) < 4.78 is 16.6. The predicted molar refractivity (Wildman–Crippen MR) is 240 cm³/mol. The second-order valence-corrected chi connectivity index (χ2v) is 17.8. The van der Waals surface area contributed by atoms with Crippen molar-refractivity contribution in [1.29, 1.82) is 0 Å². The fourth-order valence-electron chi connectivity index (χ4n) is 6.96. The highest BCUT2D eigenvalue weighted by Gasteiger charge is 2.34. The van der Waals surface area contributed by atoms with Crippen LogP contribution >= 0.6 is 0 Å². The van der Waals surface area contributed by atoms with Gasteiger partial charge in [-0.25, -0.2) is 9.59 Å². The number of carboxylic acid groups (broad SMARTS) is 1. The van der Waals surface area contributed by atoms with Crippen molar-refractivity contribution in [2.75, 3.05) is 26.2 Å². The van der Waals surface area contributed by atoms with Gasteiger partial charge in [-0.1, -0.05) is 12.1 Å². The maximum atomic E-state index is 14.5. The summed E-state index contributed by atoms with van der Waals surface area (Å²) >= 11 is 0. The molecule has 0 saturated heterocycles. The predicted octanol–water partition coefficient (Wildman–Crippen LogP) is 2.41. The van der Waals surface area contributed by atoms with Gasteiger partial charge >= 0.3 is 24.1 Å². The molecule has 0 aromatic heterocycles. The molecule has 0 fully saturated rings. The summed E-state index contributed by atoms with van der Waals surface area (Å²) in [6, 6.07) is 5.04. The van der Waals surface area contributed by atoms with Gasteiger partial charge in [0.15, 0.2) is 0 Å². The lowest BCUT2D eigenvalue weighted by atomic mass is 9.95. The molecule has 358 valence electrons. The minimum absolute atomic E-state index is 0.0319. The number of amides is 6. The number of nitrogens with two attached hydrogens (primary N) is 2. The maximum absolute atomic E-state index is 14.5. The monoisotopic (exact) mass is 910 g/mol. The van der Waals surface area contributed by atoms with Crippen molar-refractivity contribution < 1.29 is 57.7 Å². The summed E-state index contributed by atoms with van der Waals surface area (Å²) in [5, 5.41) is 23.5. The van der Waals surface area contributed by atoms with Crippen LogP contribution in [0.3, 0.4) is 0 Å². The van der Waals surface area contributed by atoms with Gasteiger partial charge < -0.3 is 62.3 Å². The molecule has 2 aromatic carbocycles. The van der Waals surface area contributed by atoms with Crippen molar-refractivity contribution in [2.24, 2.45) is 11.5 Å². The minimum Gasteiger partial charge on any atom is -0.465 e. The standard InChI is InChI=1S/C45H66N8O12/c1-26(54)63-36-15-13-28-21-30(36)23-34(39(57)49-18-9-11-32(47)25-38(56)48-19-17-46)51-40(58)33(12-10-20-53(43(61)62)44(3,4)5)50-41(59)35(52-42(60)65-45(6,7)8)24-31-22-29(28)14-16-37(31)64-27(2)55/h13-16,21-22,32-35H,9-12,17-20,23-25,46-47H2,1-8H3,(H,48,56)(H,49,57)(H,50,59)(H,51,58)(H,52,60)(H,61,62)/t32-,33-,34-,35-/m0/s1. The number of esters is 2. The van der Waals surface area contributed by atoms with Crippen molar-refractivity contribution >= 4 is 47.8 Å². The van der Waals surface area contributed by atoms with Crippen LogP contribution in [0.15, 0.2) is 36.4 Å². The molecule has 0 radical (unpaired) electrons. The SMILES string of the molecule is CC(=O)Oc1ccc2cc1C[C@H](NC(=O)OC(C)(C)C)C(=O)N[C@@H](CCCN(C(=O)O)C(C)(C)C)C(=O)N[C@H](C(=O)NCCC[C@H](N)CC(=O)NCCN)Cc1cc-2ccc1OC(C)=O. The van der Waals surface area contributed by atoms with E-state index in [-0.39, 0.29) is 69.1 Å². The molecule has 4 bridgehead atoms. The van der Waals surface area contributed by atoms with Crippen LogP contribution in [0.5, 0.6) is 11.5 Å². The molecule has 0 aliphatic carbocycles. The van der Waals surface area contributed by atoms with E-state index in [1.807, 2.05) is 0 Å². The number of alkyl carbamates (subject to hydrolysis) is 1. The summed E-state index contributed by atoms with van der Waals surface area (Å²) in [4.78, 5) is 106. The number of carbonyl (C=O) groups excluding carboxylic acids is 7. The van der Waals surface area contributed by atoms with Gasteiger partial charge in [0.1, 0.15) is 35.2 Å². The van der Waals surface area contributed by atoms with Gasteiger partial charge in [0.25, 0.3) is 0 Å². The Bertz CT molecular complexity index is 2050. The van der Waals surface area contributed by atoms with Gasteiger partial charge in [0.2, 0.25) is 23.6 Å². The van der Waals surface area contributed by atoms with E-state index in [0.29, 0.717) is 41.6 Å². The Morgan fingerprint density at radius 3 is 1.94 bits per heavy atom. The summed E-state index contributed by atoms with van der Waals surface area (Å²) in [6.45, 7) is 13.1. The van der Waals surface area contributed by atoms with Crippen molar-refractivity contribution in [1.82, 2.24) is 31.5 Å².